The Hall–Kier alpha value is -1.89. The summed E-state index contributed by atoms with van der Waals surface area (Å²) in [6.45, 7) is 3.65. The van der Waals surface area contributed by atoms with E-state index < -0.39 is 10.0 Å². The average Bonchev–Trinajstić information content (AvgIpc) is 2.59. The Labute approximate surface area is 142 Å². The molecule has 2 aromatic carbocycles. The maximum atomic E-state index is 11.3. The highest BCUT2D eigenvalue weighted by molar-refractivity contribution is 7.89. The van der Waals surface area contributed by atoms with Crippen LogP contribution < -0.4 is 15.2 Å². The lowest BCUT2D eigenvalue weighted by Crippen LogP contribution is -2.28. The molecule has 5 nitrogen and oxygen atoms in total. The number of fused-ring (bicyclic) bond motifs is 1. The summed E-state index contributed by atoms with van der Waals surface area (Å²) in [7, 11) is -3.64. The van der Waals surface area contributed by atoms with Gasteiger partial charge < -0.3 is 10.1 Å². The molecule has 0 bridgehead atoms. The zero-order chi connectivity index (χ0) is 17.2. The van der Waals surface area contributed by atoms with E-state index in [9.17, 15) is 8.42 Å². The van der Waals surface area contributed by atoms with Gasteiger partial charge in [-0.3, -0.25) is 0 Å². The van der Waals surface area contributed by atoms with Gasteiger partial charge in [0, 0.05) is 18.5 Å². The molecule has 2 aromatic rings. The largest absolute Gasteiger partial charge is 0.493 e. The van der Waals surface area contributed by atoms with E-state index in [0.717, 1.165) is 30.9 Å². The van der Waals surface area contributed by atoms with Crippen molar-refractivity contribution in [2.24, 2.45) is 5.14 Å². The minimum absolute atomic E-state index is 0.120. The van der Waals surface area contributed by atoms with Crippen LogP contribution in [0.5, 0.6) is 5.75 Å². The fourth-order valence-electron chi connectivity index (χ4n) is 3.01. The first-order chi connectivity index (χ1) is 11.4. The van der Waals surface area contributed by atoms with Crippen molar-refractivity contribution >= 4 is 10.0 Å². The second-order valence-electron chi connectivity index (χ2n) is 6.12. The van der Waals surface area contributed by atoms with Crippen molar-refractivity contribution in [2.45, 2.75) is 30.2 Å². The van der Waals surface area contributed by atoms with Gasteiger partial charge in [-0.05, 0) is 42.7 Å². The van der Waals surface area contributed by atoms with Crippen LogP contribution in [0.2, 0.25) is 0 Å². The molecule has 0 amide bonds. The van der Waals surface area contributed by atoms with Crippen LogP contribution in [0.25, 0.3) is 0 Å². The molecule has 0 aromatic heterocycles. The van der Waals surface area contributed by atoms with E-state index in [-0.39, 0.29) is 10.9 Å². The van der Waals surface area contributed by atoms with Crippen LogP contribution in [0, 0.1) is 0 Å². The fraction of sp³-hybridized carbons (Fsp3) is 0.333. The van der Waals surface area contributed by atoms with Gasteiger partial charge in [0.05, 0.1) is 11.5 Å². The van der Waals surface area contributed by atoms with Crippen molar-refractivity contribution in [1.29, 1.82) is 0 Å². The molecule has 0 spiro atoms. The van der Waals surface area contributed by atoms with Crippen LogP contribution in [-0.2, 0) is 10.0 Å². The van der Waals surface area contributed by atoms with E-state index in [1.54, 1.807) is 24.3 Å². The molecule has 1 aliphatic heterocycles. The molecular formula is C18H22N2O3S. The van der Waals surface area contributed by atoms with Gasteiger partial charge in [-0.25, -0.2) is 13.6 Å². The molecular weight excluding hydrogens is 324 g/mol. The number of hydrogen-bond acceptors (Lipinski definition) is 4. The third kappa shape index (κ3) is 3.77. The normalized spacial score (nSPS) is 18.5. The van der Waals surface area contributed by atoms with Gasteiger partial charge in [0.1, 0.15) is 5.75 Å². The quantitative estimate of drug-likeness (QED) is 0.872. The van der Waals surface area contributed by atoms with Crippen LogP contribution >= 0.6 is 0 Å². The minimum Gasteiger partial charge on any atom is -0.493 e. The number of nitrogens with two attached hydrogens (primary N) is 1. The zero-order valence-corrected chi connectivity index (χ0v) is 14.4. The van der Waals surface area contributed by atoms with Gasteiger partial charge in [-0.15, -0.1) is 0 Å². The van der Waals surface area contributed by atoms with Crippen LogP contribution in [-0.4, -0.2) is 21.6 Å². The topological polar surface area (TPSA) is 81.4 Å². The molecule has 1 aliphatic rings. The lowest BCUT2D eigenvalue weighted by molar-refractivity contribution is 0.263. The van der Waals surface area contributed by atoms with Crippen molar-refractivity contribution in [3.8, 4) is 5.75 Å². The Morgan fingerprint density at radius 2 is 1.92 bits per heavy atom. The molecule has 2 atom stereocenters. The molecule has 2 unspecified atom stereocenters. The van der Waals surface area contributed by atoms with E-state index in [0.29, 0.717) is 5.92 Å². The smallest absolute Gasteiger partial charge is 0.238 e. The maximum Gasteiger partial charge on any atom is 0.238 e. The molecule has 0 aliphatic carbocycles. The summed E-state index contributed by atoms with van der Waals surface area (Å²) < 4.78 is 28.3. The molecule has 0 saturated carbocycles. The lowest BCUT2D eigenvalue weighted by atomic mass is 9.92. The van der Waals surface area contributed by atoms with Gasteiger partial charge in [-0.1, -0.05) is 30.3 Å². The molecule has 128 valence electrons. The average molecular weight is 346 g/mol. The van der Waals surface area contributed by atoms with E-state index in [4.69, 9.17) is 9.88 Å². The molecule has 6 heteroatoms. The van der Waals surface area contributed by atoms with Crippen molar-refractivity contribution < 1.29 is 13.2 Å². The predicted molar refractivity (Wildman–Crippen MR) is 93.5 cm³/mol. The second kappa shape index (κ2) is 6.93. The second-order valence-corrected chi connectivity index (χ2v) is 7.68. The third-order valence-electron chi connectivity index (χ3n) is 4.46. The molecule has 0 radical (unpaired) electrons. The number of para-hydroxylation sites is 1. The Morgan fingerprint density at radius 3 is 2.62 bits per heavy atom. The number of ether oxygens (including phenoxy) is 1. The van der Waals surface area contributed by atoms with Gasteiger partial charge in [0.25, 0.3) is 0 Å². The number of rotatable bonds is 5. The summed E-state index contributed by atoms with van der Waals surface area (Å²) in [5, 5.41) is 8.66. The van der Waals surface area contributed by atoms with Crippen LogP contribution in [0.15, 0.2) is 53.4 Å². The van der Waals surface area contributed by atoms with E-state index in [1.165, 1.54) is 5.56 Å². The maximum absolute atomic E-state index is 11.3. The number of benzene rings is 2. The van der Waals surface area contributed by atoms with Crippen LogP contribution in [0.1, 0.15) is 36.4 Å². The van der Waals surface area contributed by atoms with E-state index >= 15 is 0 Å². The van der Waals surface area contributed by atoms with E-state index in [2.05, 4.69) is 18.3 Å². The highest BCUT2D eigenvalue weighted by atomic mass is 32.2. The Morgan fingerprint density at radius 1 is 1.21 bits per heavy atom. The summed E-state index contributed by atoms with van der Waals surface area (Å²) in [5.74, 6) is 1.39. The van der Waals surface area contributed by atoms with Gasteiger partial charge >= 0.3 is 0 Å². The Balaban J connectivity index is 1.65. The lowest BCUT2D eigenvalue weighted by Gasteiger charge is -2.27. The number of primary sulfonamides is 1. The van der Waals surface area contributed by atoms with Gasteiger partial charge in [-0.2, -0.15) is 0 Å². The third-order valence-corrected chi connectivity index (χ3v) is 5.39. The molecule has 24 heavy (non-hydrogen) atoms. The van der Waals surface area contributed by atoms with Gasteiger partial charge in [0.15, 0.2) is 0 Å². The fourth-order valence-corrected chi connectivity index (χ4v) is 3.53. The van der Waals surface area contributed by atoms with Crippen molar-refractivity contribution in [3.63, 3.8) is 0 Å². The molecule has 0 saturated heterocycles. The van der Waals surface area contributed by atoms with E-state index in [1.807, 2.05) is 18.2 Å². The number of hydrogen-bond donors (Lipinski definition) is 2. The van der Waals surface area contributed by atoms with Gasteiger partial charge in [0.2, 0.25) is 10.0 Å². The zero-order valence-electron chi connectivity index (χ0n) is 13.6. The minimum atomic E-state index is -3.64. The highest BCUT2D eigenvalue weighted by Crippen LogP contribution is 2.33. The summed E-state index contributed by atoms with van der Waals surface area (Å²) in [4.78, 5) is 0.136. The molecule has 0 fully saturated rings. The summed E-state index contributed by atoms with van der Waals surface area (Å²) in [6.07, 6.45) is 0.987. The predicted octanol–water partition coefficient (Wildman–Crippen LogP) is 2.55. The SMILES string of the molecule is CC(NCC1CCOc2ccccc21)c1ccc(S(N)(=O)=O)cc1. The first-order valence-electron chi connectivity index (χ1n) is 8.03. The molecule has 3 N–H and O–H groups in total. The summed E-state index contributed by atoms with van der Waals surface area (Å²) in [6, 6.07) is 15.0. The Bertz CT molecular complexity index is 803. The standard InChI is InChI=1S/C18H22N2O3S/c1-13(14-6-8-16(9-7-14)24(19,21)22)20-12-15-10-11-23-18-5-3-2-4-17(15)18/h2-9,13,15,20H,10-12H2,1H3,(H2,19,21,22). The van der Waals surface area contributed by atoms with Crippen LogP contribution in [0.4, 0.5) is 0 Å². The van der Waals surface area contributed by atoms with Crippen molar-refractivity contribution in [2.75, 3.05) is 13.2 Å². The number of nitrogens with one attached hydrogen (secondary N) is 1. The summed E-state index contributed by atoms with van der Waals surface area (Å²) in [5.41, 5.74) is 2.27. The summed E-state index contributed by atoms with van der Waals surface area (Å²) >= 11 is 0. The van der Waals surface area contributed by atoms with Crippen molar-refractivity contribution in [3.05, 3.63) is 59.7 Å². The number of sulfonamides is 1. The highest BCUT2D eigenvalue weighted by Gasteiger charge is 2.21. The first-order valence-corrected chi connectivity index (χ1v) is 9.57. The first kappa shape index (κ1) is 17.0. The monoisotopic (exact) mass is 346 g/mol. The van der Waals surface area contributed by atoms with Crippen LogP contribution in [0.3, 0.4) is 0 Å². The van der Waals surface area contributed by atoms with Crippen molar-refractivity contribution in [1.82, 2.24) is 5.32 Å². The molecule has 1 heterocycles. The Kier molecular flexibility index (Phi) is 4.89. The molecule has 3 rings (SSSR count).